The molecule has 3 aromatic heterocycles. The third-order valence-electron chi connectivity index (χ3n) is 3.28. The lowest BCUT2D eigenvalue weighted by Gasteiger charge is -2.18. The van der Waals surface area contributed by atoms with E-state index in [1.165, 1.54) is 0 Å². The monoisotopic (exact) mass is 490 g/mol. The van der Waals surface area contributed by atoms with Gasteiger partial charge in [0.15, 0.2) is 0 Å². The molecule has 3 heterocycles. The number of halogens is 3. The van der Waals surface area contributed by atoms with Gasteiger partial charge < -0.3 is 0 Å². The molecule has 9 heteroatoms. The molecule has 0 aliphatic rings. The predicted molar refractivity (Wildman–Crippen MR) is 93.8 cm³/mol. The molecule has 3 aromatic rings. The summed E-state index contributed by atoms with van der Waals surface area (Å²) in [5.41, 5.74) is 2.74. The maximum atomic E-state index is 4.56. The Morgan fingerprint density at radius 1 is 0.682 bits per heavy atom. The minimum absolute atomic E-state index is 0.319. The van der Waals surface area contributed by atoms with Crippen molar-refractivity contribution in [2.45, 2.75) is 27.1 Å². The summed E-state index contributed by atoms with van der Waals surface area (Å²) in [5.74, 6) is 0. The summed E-state index contributed by atoms with van der Waals surface area (Å²) in [5, 5.41) is 13.7. The minimum atomic E-state index is -0.319. The first-order valence-electron chi connectivity index (χ1n) is 6.50. The van der Waals surface area contributed by atoms with Crippen LogP contribution < -0.4 is 0 Å². The van der Waals surface area contributed by atoms with Crippen molar-refractivity contribution in [3.63, 3.8) is 0 Å². The molecule has 0 aliphatic heterocycles. The summed E-state index contributed by atoms with van der Waals surface area (Å²) in [4.78, 5) is 0. The van der Waals surface area contributed by atoms with E-state index in [0.717, 1.165) is 30.5 Å². The van der Waals surface area contributed by atoms with Gasteiger partial charge in [-0.3, -0.25) is 0 Å². The molecule has 22 heavy (non-hydrogen) atoms. The van der Waals surface area contributed by atoms with E-state index in [1.54, 1.807) is 0 Å². The summed E-state index contributed by atoms with van der Waals surface area (Å²) in [6, 6.07) is 0. The number of hydrogen-bond donors (Lipinski definition) is 0. The van der Waals surface area contributed by atoms with E-state index in [-0.39, 0.29) is 6.29 Å². The number of hydrogen-bond acceptors (Lipinski definition) is 3. The second-order valence-electron chi connectivity index (χ2n) is 4.97. The van der Waals surface area contributed by atoms with Crippen LogP contribution in [0, 0.1) is 20.8 Å². The van der Waals surface area contributed by atoms with Gasteiger partial charge in [-0.2, -0.15) is 15.3 Å². The van der Waals surface area contributed by atoms with Crippen LogP contribution in [-0.4, -0.2) is 29.3 Å². The van der Waals surface area contributed by atoms with Gasteiger partial charge in [0.1, 0.15) is 0 Å². The summed E-state index contributed by atoms with van der Waals surface area (Å²) >= 11 is 10.5. The standard InChI is InChI=1S/C13H13Br3N6/c1-7-10(14)4-20(17-7)13(21-5-11(15)8(2)18-21)22-6-12(16)9(3)19-22/h4-6,13H,1-3H3. The van der Waals surface area contributed by atoms with Crippen LogP contribution in [-0.2, 0) is 0 Å². The first kappa shape index (κ1) is 15.9. The maximum Gasteiger partial charge on any atom is 0.238 e. The summed E-state index contributed by atoms with van der Waals surface area (Å²) in [6.07, 6.45) is 5.46. The average Bonchev–Trinajstić information content (AvgIpc) is 3.04. The third-order valence-corrected chi connectivity index (χ3v) is 5.62. The van der Waals surface area contributed by atoms with Crippen molar-refractivity contribution in [2.24, 2.45) is 0 Å². The van der Waals surface area contributed by atoms with Gasteiger partial charge in [0.25, 0.3) is 0 Å². The van der Waals surface area contributed by atoms with Gasteiger partial charge in [0.05, 0.1) is 30.5 Å². The maximum absolute atomic E-state index is 4.56. The molecule has 0 fully saturated rings. The van der Waals surface area contributed by atoms with Crippen molar-refractivity contribution in [1.29, 1.82) is 0 Å². The molecule has 0 spiro atoms. The molecule has 0 radical (unpaired) electrons. The highest BCUT2D eigenvalue weighted by atomic mass is 79.9. The van der Waals surface area contributed by atoms with Crippen LogP contribution in [0.4, 0.5) is 0 Å². The molecule has 0 unspecified atom stereocenters. The summed E-state index contributed by atoms with van der Waals surface area (Å²) in [6.45, 7) is 5.85. The van der Waals surface area contributed by atoms with Crippen molar-refractivity contribution in [3.8, 4) is 0 Å². The molecule has 6 nitrogen and oxygen atoms in total. The molecule has 0 bridgehead atoms. The summed E-state index contributed by atoms with van der Waals surface area (Å²) < 4.78 is 8.33. The molecule has 0 N–H and O–H groups in total. The zero-order chi connectivity index (χ0) is 16.0. The highest BCUT2D eigenvalue weighted by Gasteiger charge is 2.21. The van der Waals surface area contributed by atoms with Crippen LogP contribution >= 0.6 is 47.8 Å². The van der Waals surface area contributed by atoms with Crippen molar-refractivity contribution in [2.75, 3.05) is 0 Å². The van der Waals surface area contributed by atoms with Crippen molar-refractivity contribution in [1.82, 2.24) is 29.3 Å². The molecule has 0 atom stereocenters. The largest absolute Gasteiger partial charge is 0.238 e. The molecule has 0 saturated carbocycles. The average molecular weight is 493 g/mol. The molecule has 0 aromatic carbocycles. The fourth-order valence-corrected chi connectivity index (χ4v) is 2.96. The van der Waals surface area contributed by atoms with E-state index in [2.05, 4.69) is 63.1 Å². The Labute approximate surface area is 152 Å². The Bertz CT molecular complexity index is 663. The predicted octanol–water partition coefficient (Wildman–Crippen LogP) is 4.04. The first-order chi connectivity index (χ1) is 10.4. The van der Waals surface area contributed by atoms with Crippen LogP contribution in [0.25, 0.3) is 0 Å². The Hall–Kier alpha value is -0.930. The molecule has 0 aliphatic carbocycles. The van der Waals surface area contributed by atoms with E-state index in [0.29, 0.717) is 0 Å². The highest BCUT2D eigenvalue weighted by molar-refractivity contribution is 9.11. The zero-order valence-corrected chi connectivity index (χ0v) is 16.9. The normalized spacial score (nSPS) is 11.6. The van der Waals surface area contributed by atoms with Gasteiger partial charge >= 0.3 is 0 Å². The lowest BCUT2D eigenvalue weighted by molar-refractivity contribution is 0.282. The molecule has 0 saturated heterocycles. The lowest BCUT2D eigenvalue weighted by atomic mass is 10.5. The topological polar surface area (TPSA) is 53.5 Å². The molecular weight excluding hydrogens is 480 g/mol. The Balaban J connectivity index is 2.17. The first-order valence-corrected chi connectivity index (χ1v) is 8.88. The van der Waals surface area contributed by atoms with E-state index in [4.69, 9.17) is 0 Å². The fraction of sp³-hybridized carbons (Fsp3) is 0.308. The van der Waals surface area contributed by atoms with Crippen LogP contribution in [0.3, 0.4) is 0 Å². The van der Waals surface area contributed by atoms with Gasteiger partial charge in [-0.05, 0) is 68.6 Å². The minimum Gasteiger partial charge on any atom is -0.226 e. The highest BCUT2D eigenvalue weighted by Crippen LogP contribution is 2.24. The number of aryl methyl sites for hydroxylation is 3. The quantitative estimate of drug-likeness (QED) is 0.554. The number of nitrogens with zero attached hydrogens (tertiary/aromatic N) is 6. The van der Waals surface area contributed by atoms with E-state index >= 15 is 0 Å². The van der Waals surface area contributed by atoms with Gasteiger partial charge in [0.2, 0.25) is 6.29 Å². The number of rotatable bonds is 3. The van der Waals surface area contributed by atoms with E-state index in [1.807, 2.05) is 53.4 Å². The van der Waals surface area contributed by atoms with Crippen LogP contribution in [0.5, 0.6) is 0 Å². The summed E-state index contributed by atoms with van der Waals surface area (Å²) in [7, 11) is 0. The van der Waals surface area contributed by atoms with Gasteiger partial charge in [-0.1, -0.05) is 0 Å². The Morgan fingerprint density at radius 3 is 1.14 bits per heavy atom. The van der Waals surface area contributed by atoms with Crippen LogP contribution in [0.2, 0.25) is 0 Å². The smallest absolute Gasteiger partial charge is 0.226 e. The molecule has 0 amide bonds. The van der Waals surface area contributed by atoms with Gasteiger partial charge in [0, 0.05) is 18.6 Å². The number of aromatic nitrogens is 6. The Morgan fingerprint density at radius 2 is 0.955 bits per heavy atom. The van der Waals surface area contributed by atoms with Gasteiger partial charge in [-0.25, -0.2) is 14.0 Å². The SMILES string of the molecule is Cc1nn(C(n2cc(Br)c(C)n2)n2cc(Br)c(C)n2)cc1Br. The van der Waals surface area contributed by atoms with Crippen molar-refractivity contribution >= 4 is 47.8 Å². The van der Waals surface area contributed by atoms with E-state index < -0.39 is 0 Å². The second kappa shape index (κ2) is 5.93. The van der Waals surface area contributed by atoms with Crippen molar-refractivity contribution < 1.29 is 0 Å². The van der Waals surface area contributed by atoms with Crippen LogP contribution in [0.1, 0.15) is 23.4 Å². The molecule has 116 valence electrons. The second-order valence-corrected chi connectivity index (χ2v) is 7.54. The Kier molecular flexibility index (Phi) is 4.30. The fourth-order valence-electron chi connectivity index (χ4n) is 2.10. The molecule has 3 rings (SSSR count). The van der Waals surface area contributed by atoms with Gasteiger partial charge in [-0.15, -0.1) is 0 Å². The van der Waals surface area contributed by atoms with Crippen molar-refractivity contribution in [3.05, 3.63) is 49.1 Å². The third kappa shape index (κ3) is 2.81. The zero-order valence-electron chi connectivity index (χ0n) is 12.1. The lowest BCUT2D eigenvalue weighted by Crippen LogP contribution is -2.27. The van der Waals surface area contributed by atoms with Crippen LogP contribution in [0.15, 0.2) is 32.0 Å². The van der Waals surface area contributed by atoms with E-state index in [9.17, 15) is 0 Å². The molecular formula is C13H13Br3N6.